The van der Waals surface area contributed by atoms with E-state index in [1.807, 2.05) is 11.8 Å². The number of carbonyl (C=O) groups excluding carboxylic acids is 2. The maximum absolute atomic E-state index is 12.7. The Kier molecular flexibility index (Phi) is 3.33. The molecule has 1 N–H and O–H groups in total. The third-order valence-electron chi connectivity index (χ3n) is 4.57. The van der Waals surface area contributed by atoms with E-state index < -0.39 is 0 Å². The summed E-state index contributed by atoms with van der Waals surface area (Å²) in [5.74, 6) is 0.596. The van der Waals surface area contributed by atoms with Crippen molar-refractivity contribution in [1.82, 2.24) is 10.2 Å². The second-order valence-corrected chi connectivity index (χ2v) is 5.93. The molecular formula is C15H22N2O2. The average molecular weight is 262 g/mol. The molecule has 104 valence electrons. The van der Waals surface area contributed by atoms with Crippen molar-refractivity contribution in [3.05, 3.63) is 12.2 Å². The van der Waals surface area contributed by atoms with Gasteiger partial charge in [0.25, 0.3) is 0 Å². The van der Waals surface area contributed by atoms with Crippen LogP contribution in [0.15, 0.2) is 12.2 Å². The predicted molar refractivity (Wildman–Crippen MR) is 72.4 cm³/mol. The van der Waals surface area contributed by atoms with E-state index in [0.717, 1.165) is 32.1 Å². The van der Waals surface area contributed by atoms with E-state index in [-0.39, 0.29) is 29.9 Å². The van der Waals surface area contributed by atoms with Gasteiger partial charge in [-0.05, 0) is 44.4 Å². The van der Waals surface area contributed by atoms with Gasteiger partial charge in [0.15, 0.2) is 0 Å². The lowest BCUT2D eigenvalue weighted by molar-refractivity contribution is -0.153. The number of piperazine rings is 1. The fourth-order valence-corrected chi connectivity index (χ4v) is 3.35. The summed E-state index contributed by atoms with van der Waals surface area (Å²) in [5, 5.41) is 2.95. The Balaban J connectivity index is 1.84. The van der Waals surface area contributed by atoms with E-state index in [4.69, 9.17) is 0 Å². The van der Waals surface area contributed by atoms with Crippen molar-refractivity contribution in [1.29, 1.82) is 0 Å². The Labute approximate surface area is 114 Å². The SMILES string of the molecule is CCC1C(=O)NC(C2CC2)C(=O)N1C1CC=CCC1. The molecule has 0 aromatic heterocycles. The molecule has 3 aliphatic rings. The number of hydrogen-bond acceptors (Lipinski definition) is 2. The minimum Gasteiger partial charge on any atom is -0.342 e. The Morgan fingerprint density at radius 3 is 2.63 bits per heavy atom. The van der Waals surface area contributed by atoms with E-state index in [1.54, 1.807) is 0 Å². The van der Waals surface area contributed by atoms with Gasteiger partial charge in [0.1, 0.15) is 12.1 Å². The summed E-state index contributed by atoms with van der Waals surface area (Å²) in [5.41, 5.74) is 0. The molecule has 3 atom stereocenters. The summed E-state index contributed by atoms with van der Waals surface area (Å²) in [7, 11) is 0. The first-order valence-corrected chi connectivity index (χ1v) is 7.50. The molecule has 1 heterocycles. The number of rotatable bonds is 3. The van der Waals surface area contributed by atoms with Gasteiger partial charge in [0, 0.05) is 6.04 Å². The van der Waals surface area contributed by atoms with E-state index >= 15 is 0 Å². The Morgan fingerprint density at radius 1 is 1.26 bits per heavy atom. The van der Waals surface area contributed by atoms with Crippen molar-refractivity contribution in [2.45, 2.75) is 63.6 Å². The molecule has 19 heavy (non-hydrogen) atoms. The highest BCUT2D eigenvalue weighted by Crippen LogP contribution is 2.36. The summed E-state index contributed by atoms with van der Waals surface area (Å²) in [6.07, 6.45) is 10.1. The van der Waals surface area contributed by atoms with Crippen LogP contribution in [0.1, 0.15) is 45.4 Å². The normalized spacial score (nSPS) is 35.4. The van der Waals surface area contributed by atoms with Crippen LogP contribution in [0.25, 0.3) is 0 Å². The third-order valence-corrected chi connectivity index (χ3v) is 4.57. The van der Waals surface area contributed by atoms with Crippen LogP contribution in [0.3, 0.4) is 0 Å². The molecule has 0 spiro atoms. The molecule has 2 aliphatic carbocycles. The van der Waals surface area contributed by atoms with Gasteiger partial charge < -0.3 is 10.2 Å². The smallest absolute Gasteiger partial charge is 0.246 e. The van der Waals surface area contributed by atoms with Gasteiger partial charge >= 0.3 is 0 Å². The molecule has 4 nitrogen and oxygen atoms in total. The monoisotopic (exact) mass is 262 g/mol. The quantitative estimate of drug-likeness (QED) is 0.786. The van der Waals surface area contributed by atoms with Gasteiger partial charge in [-0.2, -0.15) is 0 Å². The first kappa shape index (κ1) is 12.7. The van der Waals surface area contributed by atoms with Crippen LogP contribution >= 0.6 is 0 Å². The second kappa shape index (κ2) is 4.99. The first-order valence-electron chi connectivity index (χ1n) is 7.50. The molecule has 2 fully saturated rings. The summed E-state index contributed by atoms with van der Waals surface area (Å²) in [6.45, 7) is 1.99. The predicted octanol–water partition coefficient (Wildman–Crippen LogP) is 1.61. The van der Waals surface area contributed by atoms with Crippen LogP contribution in [-0.4, -0.2) is 34.8 Å². The zero-order chi connectivity index (χ0) is 13.4. The largest absolute Gasteiger partial charge is 0.342 e. The maximum atomic E-state index is 12.7. The van der Waals surface area contributed by atoms with E-state index in [9.17, 15) is 9.59 Å². The van der Waals surface area contributed by atoms with E-state index in [0.29, 0.717) is 12.3 Å². The van der Waals surface area contributed by atoms with Crippen molar-refractivity contribution in [2.75, 3.05) is 0 Å². The molecule has 1 aliphatic heterocycles. The molecule has 1 saturated heterocycles. The number of nitrogens with zero attached hydrogens (tertiary/aromatic N) is 1. The molecule has 2 amide bonds. The van der Waals surface area contributed by atoms with Crippen molar-refractivity contribution in [3.63, 3.8) is 0 Å². The van der Waals surface area contributed by atoms with Gasteiger partial charge in [-0.25, -0.2) is 0 Å². The van der Waals surface area contributed by atoms with Crippen molar-refractivity contribution >= 4 is 11.8 Å². The third kappa shape index (κ3) is 2.28. The summed E-state index contributed by atoms with van der Waals surface area (Å²) < 4.78 is 0. The highest BCUT2D eigenvalue weighted by molar-refractivity contribution is 5.97. The lowest BCUT2D eigenvalue weighted by atomic mass is 9.93. The fourth-order valence-electron chi connectivity index (χ4n) is 3.35. The van der Waals surface area contributed by atoms with Crippen LogP contribution < -0.4 is 5.32 Å². The zero-order valence-electron chi connectivity index (χ0n) is 11.5. The number of hydrogen-bond donors (Lipinski definition) is 1. The maximum Gasteiger partial charge on any atom is 0.246 e. The van der Waals surface area contributed by atoms with Gasteiger partial charge in [0.05, 0.1) is 0 Å². The molecule has 0 bridgehead atoms. The van der Waals surface area contributed by atoms with E-state index in [2.05, 4.69) is 17.5 Å². The van der Waals surface area contributed by atoms with Crippen LogP contribution in [0.4, 0.5) is 0 Å². The van der Waals surface area contributed by atoms with Gasteiger partial charge in [-0.1, -0.05) is 19.1 Å². The number of nitrogens with one attached hydrogen (secondary N) is 1. The molecule has 0 aromatic rings. The Morgan fingerprint density at radius 2 is 2.05 bits per heavy atom. The highest BCUT2D eigenvalue weighted by Gasteiger charge is 2.48. The number of allylic oxidation sites excluding steroid dienone is 1. The lowest BCUT2D eigenvalue weighted by Gasteiger charge is -2.44. The minimum atomic E-state index is -0.265. The summed E-state index contributed by atoms with van der Waals surface area (Å²) in [6, 6.07) is -0.296. The van der Waals surface area contributed by atoms with Gasteiger partial charge in [-0.3, -0.25) is 9.59 Å². The zero-order valence-corrected chi connectivity index (χ0v) is 11.5. The average Bonchev–Trinajstić information content (AvgIpc) is 3.26. The number of carbonyl (C=O) groups is 2. The first-order chi connectivity index (χ1) is 9.22. The standard InChI is InChI=1S/C15H22N2O2/c1-2-12-14(18)16-13(10-8-9-10)15(19)17(12)11-6-4-3-5-7-11/h3-4,10-13H,2,5-9H2,1H3,(H,16,18). The van der Waals surface area contributed by atoms with E-state index in [1.165, 1.54) is 0 Å². The van der Waals surface area contributed by atoms with Crippen LogP contribution in [-0.2, 0) is 9.59 Å². The van der Waals surface area contributed by atoms with Crippen molar-refractivity contribution < 1.29 is 9.59 Å². The van der Waals surface area contributed by atoms with Crippen LogP contribution in [0.2, 0.25) is 0 Å². The molecule has 0 aromatic carbocycles. The Hall–Kier alpha value is -1.32. The summed E-state index contributed by atoms with van der Waals surface area (Å²) >= 11 is 0. The molecule has 4 heteroatoms. The lowest BCUT2D eigenvalue weighted by Crippen LogP contribution is -2.66. The second-order valence-electron chi connectivity index (χ2n) is 5.93. The Bertz CT molecular complexity index is 414. The van der Waals surface area contributed by atoms with Crippen LogP contribution in [0.5, 0.6) is 0 Å². The minimum absolute atomic E-state index is 0.0496. The summed E-state index contributed by atoms with van der Waals surface area (Å²) in [4.78, 5) is 26.9. The molecule has 3 rings (SSSR count). The highest BCUT2D eigenvalue weighted by atomic mass is 16.2. The number of amides is 2. The topological polar surface area (TPSA) is 49.4 Å². The van der Waals surface area contributed by atoms with Gasteiger partial charge in [0.2, 0.25) is 11.8 Å². The van der Waals surface area contributed by atoms with Crippen molar-refractivity contribution in [3.8, 4) is 0 Å². The fraction of sp³-hybridized carbons (Fsp3) is 0.733. The molecule has 3 unspecified atom stereocenters. The van der Waals surface area contributed by atoms with Crippen molar-refractivity contribution in [2.24, 2.45) is 5.92 Å². The van der Waals surface area contributed by atoms with Gasteiger partial charge in [-0.15, -0.1) is 0 Å². The molecule has 1 saturated carbocycles. The molecular weight excluding hydrogens is 240 g/mol. The molecule has 0 radical (unpaired) electrons. The van der Waals surface area contributed by atoms with Crippen LogP contribution in [0, 0.1) is 5.92 Å².